The minimum atomic E-state index is -1.88. The third-order valence-corrected chi connectivity index (χ3v) is 10.9. The van der Waals surface area contributed by atoms with Crippen LogP contribution in [0.25, 0.3) is 0 Å². The Labute approximate surface area is 192 Å². The molecule has 1 fully saturated rings. The van der Waals surface area contributed by atoms with Crippen molar-refractivity contribution in [2.45, 2.75) is 55.3 Å². The van der Waals surface area contributed by atoms with Gasteiger partial charge in [0.15, 0.2) is 6.10 Å². The first-order valence-electron chi connectivity index (χ1n) is 11.1. The Bertz CT molecular complexity index is 1170. The highest BCUT2D eigenvalue weighted by molar-refractivity contribution is 8.31. The van der Waals surface area contributed by atoms with Gasteiger partial charge in [0.25, 0.3) is 5.91 Å². The zero-order chi connectivity index (χ0) is 22.7. The van der Waals surface area contributed by atoms with Gasteiger partial charge in [0, 0.05) is 27.9 Å². The Morgan fingerprint density at radius 3 is 2.34 bits per heavy atom. The van der Waals surface area contributed by atoms with Gasteiger partial charge in [-0.1, -0.05) is 66.6 Å². The lowest BCUT2D eigenvalue weighted by molar-refractivity contribution is -0.124. The van der Waals surface area contributed by atoms with Crippen LogP contribution in [-0.2, 0) is 13.7 Å². The number of amides is 1. The van der Waals surface area contributed by atoms with Gasteiger partial charge < -0.3 is 4.18 Å². The summed E-state index contributed by atoms with van der Waals surface area (Å²) < 4.78 is 6.93. The van der Waals surface area contributed by atoms with Crippen LogP contribution in [0.15, 0.2) is 82.7 Å². The first-order chi connectivity index (χ1) is 15.2. The van der Waals surface area contributed by atoms with Crippen molar-refractivity contribution in [2.75, 3.05) is 11.4 Å². The van der Waals surface area contributed by atoms with Crippen LogP contribution in [0.2, 0.25) is 0 Å². The monoisotopic (exact) mass is 446 g/mol. The molecule has 2 unspecified atom stereocenters. The maximum atomic E-state index is 13.8. The van der Waals surface area contributed by atoms with E-state index in [1.165, 1.54) is 15.4 Å². The summed E-state index contributed by atoms with van der Waals surface area (Å²) >= 11 is 0. The average Bonchev–Trinajstić information content (AvgIpc) is 3.01. The molecule has 0 saturated carbocycles. The molecule has 0 radical (unpaired) electrons. The molecule has 2 aliphatic heterocycles. The molecule has 0 N–H and O–H groups in total. The minimum absolute atomic E-state index is 0.00524. The average molecular weight is 447 g/mol. The number of nitrogens with zero attached hydrogens (tertiary/aromatic N) is 2. The Kier molecular flexibility index (Phi) is 4.77. The van der Waals surface area contributed by atoms with Gasteiger partial charge in [-0.25, -0.2) is 4.98 Å². The number of rotatable bonds is 4. The molecule has 32 heavy (non-hydrogen) atoms. The first-order valence-corrected chi connectivity index (χ1v) is 12.6. The molecule has 3 aromatic rings. The highest BCUT2D eigenvalue weighted by atomic mass is 32.3. The number of hydrogen-bond acceptors (Lipinski definition) is 3. The summed E-state index contributed by atoms with van der Waals surface area (Å²) in [7, 11) is -1.88. The smallest absolute Gasteiger partial charge is 0.259 e. The third kappa shape index (κ3) is 2.87. The van der Waals surface area contributed by atoms with Crippen LogP contribution in [0.3, 0.4) is 0 Å². The maximum Gasteiger partial charge on any atom is 0.259 e. The van der Waals surface area contributed by atoms with Gasteiger partial charge in [0.2, 0.25) is 0 Å². The number of aromatic nitrogens is 1. The fraction of sp³-hybridized carbons (Fsp3) is 0.333. The topological polar surface area (TPSA) is 42.4 Å². The van der Waals surface area contributed by atoms with Gasteiger partial charge in [0.1, 0.15) is 5.82 Å². The molecule has 3 heterocycles. The summed E-state index contributed by atoms with van der Waals surface area (Å²) in [5.41, 5.74) is 2.03. The second-order valence-electron chi connectivity index (χ2n) is 9.96. The molecule has 0 aliphatic carbocycles. The fourth-order valence-corrected chi connectivity index (χ4v) is 9.29. The molecule has 2 aromatic carbocycles. The van der Waals surface area contributed by atoms with E-state index in [1.54, 1.807) is 4.90 Å². The largest absolute Gasteiger partial charge is 0.313 e. The van der Waals surface area contributed by atoms with E-state index in [0.717, 1.165) is 5.56 Å². The molecule has 0 bridgehead atoms. The fourth-order valence-electron chi connectivity index (χ4n) is 5.03. The van der Waals surface area contributed by atoms with Crippen LogP contribution in [-0.4, -0.2) is 23.5 Å². The van der Waals surface area contributed by atoms with E-state index in [0.29, 0.717) is 12.4 Å². The standard InChI is InChI=1S/C27H30N2O2S/c1-19-15-16-23(28-17-19)29-18-26(2,3)24(25(29)30)31-32(20-11-7-6-8-12-20)22-14-10-9-13-21(22)27(32,4)5/h6-17,24H,18H2,1-5H3. The van der Waals surface area contributed by atoms with Crippen LogP contribution in [0.1, 0.15) is 38.8 Å². The van der Waals surface area contributed by atoms with Gasteiger partial charge in [0.05, 0.1) is 4.75 Å². The molecule has 4 nitrogen and oxygen atoms in total. The second-order valence-corrected chi connectivity index (χ2v) is 13.2. The summed E-state index contributed by atoms with van der Waals surface area (Å²) in [4.78, 5) is 22.5. The molecule has 0 spiro atoms. The summed E-state index contributed by atoms with van der Waals surface area (Å²) in [5.74, 6) is 0.686. The molecule has 166 valence electrons. The SMILES string of the molecule is Cc1ccc(N2CC(C)(C)C(OS3(c4ccccc4)c4ccccc4C3(C)C)C2=O)nc1. The Morgan fingerprint density at radius 1 is 0.969 bits per heavy atom. The molecule has 1 aromatic heterocycles. The predicted molar refractivity (Wildman–Crippen MR) is 130 cm³/mol. The van der Waals surface area contributed by atoms with Gasteiger partial charge in [-0.15, -0.1) is 0 Å². The van der Waals surface area contributed by atoms with E-state index in [1.807, 2.05) is 31.3 Å². The normalized spacial score (nSPS) is 27.3. The summed E-state index contributed by atoms with van der Waals surface area (Å²) in [6, 6.07) is 22.9. The zero-order valence-electron chi connectivity index (χ0n) is 19.3. The number of aryl methyl sites for hydroxylation is 1. The van der Waals surface area contributed by atoms with E-state index in [2.05, 4.69) is 81.2 Å². The quantitative estimate of drug-likeness (QED) is 0.477. The molecule has 2 aliphatic rings. The van der Waals surface area contributed by atoms with Crippen molar-refractivity contribution in [3.63, 3.8) is 0 Å². The Balaban J connectivity index is 1.60. The number of pyridine rings is 1. The lowest BCUT2D eigenvalue weighted by Crippen LogP contribution is -2.44. The Hall–Kier alpha value is -2.63. The van der Waals surface area contributed by atoms with E-state index in [9.17, 15) is 4.79 Å². The van der Waals surface area contributed by atoms with Gasteiger partial charge in [-0.3, -0.25) is 9.69 Å². The van der Waals surface area contributed by atoms with Crippen LogP contribution < -0.4 is 4.90 Å². The molecular weight excluding hydrogens is 416 g/mol. The van der Waals surface area contributed by atoms with E-state index >= 15 is 0 Å². The van der Waals surface area contributed by atoms with Crippen molar-refractivity contribution >= 4 is 22.0 Å². The number of benzene rings is 2. The predicted octanol–water partition coefficient (Wildman–Crippen LogP) is 6.23. The van der Waals surface area contributed by atoms with Crippen molar-refractivity contribution in [1.82, 2.24) is 4.98 Å². The number of carbonyl (C=O) groups excluding carboxylic acids is 1. The number of hydrogen-bond donors (Lipinski definition) is 0. The van der Waals surface area contributed by atoms with Gasteiger partial charge >= 0.3 is 0 Å². The zero-order valence-corrected chi connectivity index (χ0v) is 20.1. The minimum Gasteiger partial charge on any atom is -0.313 e. The molecular formula is C27H30N2O2S. The van der Waals surface area contributed by atoms with Crippen LogP contribution in [0.5, 0.6) is 0 Å². The van der Waals surface area contributed by atoms with E-state index < -0.39 is 16.4 Å². The van der Waals surface area contributed by atoms with E-state index in [4.69, 9.17) is 4.18 Å². The third-order valence-electron chi connectivity index (χ3n) is 6.82. The lowest BCUT2D eigenvalue weighted by Gasteiger charge is -2.62. The van der Waals surface area contributed by atoms with Crippen molar-refractivity contribution in [2.24, 2.45) is 5.41 Å². The van der Waals surface area contributed by atoms with Crippen LogP contribution in [0, 0.1) is 12.3 Å². The van der Waals surface area contributed by atoms with Gasteiger partial charge in [-0.2, -0.15) is 0 Å². The second kappa shape index (κ2) is 7.19. The number of fused-ring (bicyclic) bond motifs is 1. The van der Waals surface area contributed by atoms with Crippen molar-refractivity contribution < 1.29 is 8.98 Å². The molecule has 5 rings (SSSR count). The van der Waals surface area contributed by atoms with Crippen molar-refractivity contribution in [3.05, 3.63) is 84.1 Å². The number of anilines is 1. The highest BCUT2D eigenvalue weighted by Crippen LogP contribution is 2.84. The lowest BCUT2D eigenvalue weighted by atomic mass is 9.90. The molecule has 5 heteroatoms. The maximum absolute atomic E-state index is 13.8. The molecule has 1 amide bonds. The highest BCUT2D eigenvalue weighted by Gasteiger charge is 2.60. The number of carbonyl (C=O) groups is 1. The molecule has 2 atom stereocenters. The first kappa shape index (κ1) is 21.2. The van der Waals surface area contributed by atoms with Crippen molar-refractivity contribution in [3.8, 4) is 0 Å². The van der Waals surface area contributed by atoms with Crippen molar-refractivity contribution in [1.29, 1.82) is 0 Å². The molecule has 1 saturated heterocycles. The van der Waals surface area contributed by atoms with E-state index in [-0.39, 0.29) is 16.1 Å². The Morgan fingerprint density at radius 2 is 1.66 bits per heavy atom. The van der Waals surface area contributed by atoms with Crippen LogP contribution >= 0.6 is 10.3 Å². The summed E-state index contributed by atoms with van der Waals surface area (Å²) in [6.07, 6.45) is 1.26. The van der Waals surface area contributed by atoms with Crippen LogP contribution in [0.4, 0.5) is 5.82 Å². The van der Waals surface area contributed by atoms with Gasteiger partial charge in [-0.05, 0) is 56.2 Å². The summed E-state index contributed by atoms with van der Waals surface area (Å²) in [6.45, 7) is 11.3. The summed E-state index contributed by atoms with van der Waals surface area (Å²) in [5, 5.41) is 0.